The van der Waals surface area contributed by atoms with Crippen LogP contribution in [0.15, 0.2) is 0 Å². The van der Waals surface area contributed by atoms with Crippen LogP contribution in [0.2, 0.25) is 0 Å². The molecule has 0 spiro atoms. The zero-order valence-corrected chi connectivity index (χ0v) is 15.5. The molecule has 0 aliphatic rings. The van der Waals surface area contributed by atoms with Gasteiger partial charge in [0.15, 0.2) is 0 Å². The largest absolute Gasteiger partial charge is 0.466 e. The number of hydrogen-bond acceptors (Lipinski definition) is 2. The topological polar surface area (TPSA) is 26.3 Å². The van der Waals surface area contributed by atoms with E-state index in [2.05, 4.69) is 29.5 Å². The second-order valence-electron chi connectivity index (χ2n) is 5.55. The van der Waals surface area contributed by atoms with Gasteiger partial charge < -0.3 is 4.74 Å². The molecular weight excluding hydrogens is 363 g/mol. The SMILES string of the molecule is CCCCCCCCCOC(=O)CCCCCCCI. The quantitative estimate of drug-likeness (QED) is 0.146. The van der Waals surface area contributed by atoms with Crippen molar-refractivity contribution in [1.82, 2.24) is 0 Å². The lowest BCUT2D eigenvalue weighted by Gasteiger charge is -2.05. The number of ether oxygens (including phenoxy) is 1. The number of carbonyl (C=O) groups excluding carboxylic acids is 1. The number of esters is 1. The zero-order chi connectivity index (χ0) is 14.9. The van der Waals surface area contributed by atoms with Crippen molar-refractivity contribution >= 4 is 28.6 Å². The van der Waals surface area contributed by atoms with Crippen LogP contribution in [0, 0.1) is 0 Å². The van der Waals surface area contributed by atoms with Gasteiger partial charge in [-0.1, -0.05) is 87.3 Å². The third-order valence-electron chi connectivity index (χ3n) is 3.53. The average Bonchev–Trinajstić information content (AvgIpc) is 2.45. The molecule has 0 amide bonds. The fourth-order valence-electron chi connectivity index (χ4n) is 2.21. The van der Waals surface area contributed by atoms with Gasteiger partial charge in [-0.15, -0.1) is 0 Å². The maximum Gasteiger partial charge on any atom is 0.305 e. The van der Waals surface area contributed by atoms with Gasteiger partial charge in [0.1, 0.15) is 0 Å². The molecule has 2 nitrogen and oxygen atoms in total. The Hall–Kier alpha value is 0.200. The lowest BCUT2D eigenvalue weighted by Crippen LogP contribution is -2.05. The fourth-order valence-corrected chi connectivity index (χ4v) is 2.75. The van der Waals surface area contributed by atoms with E-state index in [0.29, 0.717) is 13.0 Å². The van der Waals surface area contributed by atoms with Crippen molar-refractivity contribution in [3.63, 3.8) is 0 Å². The van der Waals surface area contributed by atoms with Crippen LogP contribution < -0.4 is 0 Å². The standard InChI is InChI=1S/C17H33IO2/c1-2-3-4-5-6-10-13-16-20-17(19)14-11-8-7-9-12-15-18/h2-16H2,1H3. The summed E-state index contributed by atoms with van der Waals surface area (Å²) in [6.45, 7) is 2.87. The summed E-state index contributed by atoms with van der Waals surface area (Å²) in [5, 5.41) is 0. The van der Waals surface area contributed by atoms with Gasteiger partial charge in [-0.25, -0.2) is 0 Å². The van der Waals surface area contributed by atoms with Crippen LogP contribution in [0.5, 0.6) is 0 Å². The third kappa shape index (κ3) is 16.3. The Bertz CT molecular complexity index is 207. The molecule has 0 radical (unpaired) electrons. The highest BCUT2D eigenvalue weighted by molar-refractivity contribution is 14.1. The molecule has 0 unspecified atom stereocenters. The van der Waals surface area contributed by atoms with E-state index in [9.17, 15) is 4.79 Å². The number of rotatable bonds is 15. The Morgan fingerprint density at radius 3 is 2.00 bits per heavy atom. The molecule has 0 saturated carbocycles. The Balaban J connectivity index is 3.12. The molecule has 0 atom stereocenters. The summed E-state index contributed by atoms with van der Waals surface area (Å²) in [6.07, 6.45) is 15.5. The number of alkyl halides is 1. The molecule has 0 rings (SSSR count). The number of unbranched alkanes of at least 4 members (excludes halogenated alkanes) is 10. The highest BCUT2D eigenvalue weighted by Crippen LogP contribution is 2.09. The summed E-state index contributed by atoms with van der Waals surface area (Å²) in [7, 11) is 0. The maximum atomic E-state index is 11.5. The van der Waals surface area contributed by atoms with E-state index in [0.717, 1.165) is 12.8 Å². The van der Waals surface area contributed by atoms with Crippen LogP contribution >= 0.6 is 22.6 Å². The summed E-state index contributed by atoms with van der Waals surface area (Å²) in [4.78, 5) is 11.5. The molecule has 120 valence electrons. The molecule has 0 aromatic heterocycles. The van der Waals surface area contributed by atoms with Crippen molar-refractivity contribution in [2.75, 3.05) is 11.0 Å². The first-order valence-electron chi connectivity index (χ1n) is 8.52. The molecule has 0 N–H and O–H groups in total. The van der Waals surface area contributed by atoms with Crippen molar-refractivity contribution in [3.8, 4) is 0 Å². The molecule has 20 heavy (non-hydrogen) atoms. The van der Waals surface area contributed by atoms with E-state index in [1.165, 1.54) is 68.6 Å². The summed E-state index contributed by atoms with van der Waals surface area (Å²) < 4.78 is 6.51. The second-order valence-corrected chi connectivity index (χ2v) is 6.63. The smallest absolute Gasteiger partial charge is 0.305 e. The summed E-state index contributed by atoms with van der Waals surface area (Å²) in [6, 6.07) is 0. The molecule has 0 aromatic rings. The van der Waals surface area contributed by atoms with Crippen LogP contribution in [0.4, 0.5) is 0 Å². The van der Waals surface area contributed by atoms with Crippen molar-refractivity contribution < 1.29 is 9.53 Å². The van der Waals surface area contributed by atoms with E-state index >= 15 is 0 Å². The van der Waals surface area contributed by atoms with Gasteiger partial charge in [-0.05, 0) is 23.7 Å². The predicted octanol–water partition coefficient (Wildman–Crippen LogP) is 6.06. The van der Waals surface area contributed by atoms with Gasteiger partial charge in [0.25, 0.3) is 0 Å². The number of hydrogen-bond donors (Lipinski definition) is 0. The van der Waals surface area contributed by atoms with Crippen molar-refractivity contribution in [1.29, 1.82) is 0 Å². The number of halogens is 1. The molecule has 0 aromatic carbocycles. The minimum Gasteiger partial charge on any atom is -0.466 e. The molecule has 3 heteroatoms. The van der Waals surface area contributed by atoms with E-state index in [1.807, 2.05) is 0 Å². The van der Waals surface area contributed by atoms with Crippen molar-refractivity contribution in [2.24, 2.45) is 0 Å². The maximum absolute atomic E-state index is 11.5. The molecule has 0 heterocycles. The molecule has 0 aliphatic carbocycles. The van der Waals surface area contributed by atoms with Crippen LogP contribution in [0.1, 0.15) is 90.4 Å². The fraction of sp³-hybridized carbons (Fsp3) is 0.941. The Labute approximate surface area is 139 Å². The lowest BCUT2D eigenvalue weighted by atomic mass is 10.1. The highest BCUT2D eigenvalue weighted by atomic mass is 127. The van der Waals surface area contributed by atoms with Gasteiger partial charge in [-0.3, -0.25) is 4.79 Å². The minimum absolute atomic E-state index is 0.00451. The van der Waals surface area contributed by atoms with Crippen LogP contribution in [0.3, 0.4) is 0 Å². The first-order chi connectivity index (χ1) is 9.81. The molecule has 0 saturated heterocycles. The minimum atomic E-state index is 0.00451. The Kier molecular flexibility index (Phi) is 17.4. The molecule has 0 aliphatic heterocycles. The highest BCUT2D eigenvalue weighted by Gasteiger charge is 2.02. The predicted molar refractivity (Wildman–Crippen MR) is 95.5 cm³/mol. The molecule has 0 bridgehead atoms. The van der Waals surface area contributed by atoms with Gasteiger partial charge in [0.2, 0.25) is 0 Å². The van der Waals surface area contributed by atoms with Gasteiger partial charge >= 0.3 is 5.97 Å². The molecular formula is C17H33IO2. The summed E-state index contributed by atoms with van der Waals surface area (Å²) in [5.41, 5.74) is 0. The second kappa shape index (κ2) is 17.3. The first-order valence-corrected chi connectivity index (χ1v) is 10.1. The third-order valence-corrected chi connectivity index (χ3v) is 4.29. The summed E-state index contributed by atoms with van der Waals surface area (Å²) in [5.74, 6) is 0.00451. The average molecular weight is 396 g/mol. The van der Waals surface area contributed by atoms with Crippen LogP contribution in [0.25, 0.3) is 0 Å². The van der Waals surface area contributed by atoms with Crippen LogP contribution in [-0.4, -0.2) is 17.0 Å². The van der Waals surface area contributed by atoms with E-state index in [4.69, 9.17) is 4.74 Å². The van der Waals surface area contributed by atoms with Crippen molar-refractivity contribution in [3.05, 3.63) is 0 Å². The Morgan fingerprint density at radius 2 is 1.35 bits per heavy atom. The van der Waals surface area contributed by atoms with Crippen LogP contribution in [-0.2, 0) is 9.53 Å². The van der Waals surface area contributed by atoms with Gasteiger partial charge in [-0.2, -0.15) is 0 Å². The first kappa shape index (κ1) is 20.2. The Morgan fingerprint density at radius 1 is 0.800 bits per heavy atom. The van der Waals surface area contributed by atoms with E-state index < -0.39 is 0 Å². The number of carbonyl (C=O) groups is 1. The zero-order valence-electron chi connectivity index (χ0n) is 13.3. The summed E-state index contributed by atoms with van der Waals surface area (Å²) >= 11 is 2.42. The van der Waals surface area contributed by atoms with E-state index in [-0.39, 0.29) is 5.97 Å². The van der Waals surface area contributed by atoms with Gasteiger partial charge in [0, 0.05) is 6.42 Å². The van der Waals surface area contributed by atoms with Gasteiger partial charge in [0.05, 0.1) is 6.61 Å². The lowest BCUT2D eigenvalue weighted by molar-refractivity contribution is -0.143. The monoisotopic (exact) mass is 396 g/mol. The van der Waals surface area contributed by atoms with E-state index in [1.54, 1.807) is 0 Å². The normalized spacial score (nSPS) is 10.7. The van der Waals surface area contributed by atoms with Crippen molar-refractivity contribution in [2.45, 2.75) is 90.4 Å². The molecule has 0 fully saturated rings.